The van der Waals surface area contributed by atoms with Gasteiger partial charge in [0, 0.05) is 12.2 Å². The van der Waals surface area contributed by atoms with Gasteiger partial charge in [0.1, 0.15) is 0 Å². The molecule has 0 aromatic carbocycles. The van der Waals surface area contributed by atoms with E-state index in [0.29, 0.717) is 6.26 Å². The second-order valence-corrected chi connectivity index (χ2v) is 7.43. The standard InChI is InChI=1S/C7H12O9S2/c1-3(4(6(8)9)17(2,12)13)5(7(10)11)18(14,15)16/h3-5H,1-2H3,(H,8,9)(H,10,11)(H,14,15,16). The van der Waals surface area contributed by atoms with E-state index < -0.39 is 48.3 Å². The Morgan fingerprint density at radius 1 is 0.944 bits per heavy atom. The molecule has 3 N–H and O–H groups in total. The lowest BCUT2D eigenvalue weighted by Gasteiger charge is -2.22. The number of carbonyl (C=O) groups is 2. The molecular formula is C7H12O9S2. The van der Waals surface area contributed by atoms with Crippen molar-refractivity contribution < 1.29 is 41.2 Å². The quantitative estimate of drug-likeness (QED) is 0.493. The molecule has 3 atom stereocenters. The van der Waals surface area contributed by atoms with Crippen molar-refractivity contribution in [3.8, 4) is 0 Å². The molecule has 0 bridgehead atoms. The van der Waals surface area contributed by atoms with Gasteiger partial charge >= 0.3 is 11.9 Å². The van der Waals surface area contributed by atoms with Crippen molar-refractivity contribution in [2.45, 2.75) is 17.4 Å². The SMILES string of the molecule is CC(C(C(=O)O)S(C)(=O)=O)C(C(=O)O)S(=O)(=O)O. The molecule has 0 aromatic heterocycles. The fraction of sp³-hybridized carbons (Fsp3) is 0.714. The zero-order valence-electron chi connectivity index (χ0n) is 9.34. The first-order chi connectivity index (χ1) is 7.80. The summed E-state index contributed by atoms with van der Waals surface area (Å²) >= 11 is 0. The number of hydrogen-bond acceptors (Lipinski definition) is 6. The molecule has 0 aromatic rings. The van der Waals surface area contributed by atoms with Crippen LogP contribution >= 0.6 is 0 Å². The van der Waals surface area contributed by atoms with Gasteiger partial charge in [0.15, 0.2) is 20.3 Å². The lowest BCUT2D eigenvalue weighted by molar-refractivity contribution is -0.139. The second-order valence-electron chi connectivity index (χ2n) is 3.72. The molecule has 0 aliphatic heterocycles. The average molecular weight is 304 g/mol. The van der Waals surface area contributed by atoms with Crippen LogP contribution < -0.4 is 0 Å². The van der Waals surface area contributed by atoms with Gasteiger partial charge in [-0.2, -0.15) is 8.42 Å². The van der Waals surface area contributed by atoms with E-state index >= 15 is 0 Å². The Bertz CT molecular complexity index is 493. The first-order valence-corrected chi connectivity index (χ1v) is 7.86. The molecule has 0 saturated heterocycles. The Labute approximate surface area is 103 Å². The Morgan fingerprint density at radius 2 is 1.28 bits per heavy atom. The fourth-order valence-corrected chi connectivity index (χ4v) is 3.94. The fourth-order valence-electron chi connectivity index (χ4n) is 1.58. The first kappa shape index (κ1) is 16.8. The normalized spacial score (nSPS) is 17.7. The van der Waals surface area contributed by atoms with Crippen molar-refractivity contribution in [1.29, 1.82) is 0 Å². The summed E-state index contributed by atoms with van der Waals surface area (Å²) in [5.74, 6) is -5.77. The maximum Gasteiger partial charge on any atom is 0.324 e. The number of sulfone groups is 1. The van der Waals surface area contributed by atoms with E-state index in [1.165, 1.54) is 0 Å². The van der Waals surface area contributed by atoms with Crippen LogP contribution in [0.4, 0.5) is 0 Å². The maximum atomic E-state index is 11.2. The molecule has 0 saturated carbocycles. The zero-order valence-corrected chi connectivity index (χ0v) is 11.0. The highest BCUT2D eigenvalue weighted by molar-refractivity contribution is 7.92. The van der Waals surface area contributed by atoms with Crippen molar-refractivity contribution in [2.75, 3.05) is 6.26 Å². The van der Waals surface area contributed by atoms with Crippen molar-refractivity contribution in [3.63, 3.8) is 0 Å². The van der Waals surface area contributed by atoms with Gasteiger partial charge in [-0.1, -0.05) is 6.92 Å². The Hall–Kier alpha value is -1.20. The van der Waals surface area contributed by atoms with Crippen LogP contribution in [0.1, 0.15) is 6.92 Å². The summed E-state index contributed by atoms with van der Waals surface area (Å²) in [5, 5.41) is 12.6. The second kappa shape index (κ2) is 5.20. The lowest BCUT2D eigenvalue weighted by Crippen LogP contribution is -2.47. The molecule has 0 heterocycles. The van der Waals surface area contributed by atoms with E-state index in [1.807, 2.05) is 0 Å². The molecular weight excluding hydrogens is 292 g/mol. The highest BCUT2D eigenvalue weighted by atomic mass is 32.2. The number of carboxylic acids is 2. The molecule has 0 rings (SSSR count). The Balaban J connectivity index is 5.79. The van der Waals surface area contributed by atoms with Crippen LogP contribution in [0.15, 0.2) is 0 Å². The largest absolute Gasteiger partial charge is 0.480 e. The van der Waals surface area contributed by atoms with Gasteiger partial charge in [-0.25, -0.2) is 8.42 Å². The number of aliphatic carboxylic acids is 2. The molecule has 0 radical (unpaired) electrons. The van der Waals surface area contributed by atoms with E-state index in [4.69, 9.17) is 14.8 Å². The van der Waals surface area contributed by atoms with Crippen LogP contribution in [0.25, 0.3) is 0 Å². The topological polar surface area (TPSA) is 163 Å². The monoisotopic (exact) mass is 304 g/mol. The molecule has 0 aliphatic carbocycles. The van der Waals surface area contributed by atoms with Gasteiger partial charge in [-0.15, -0.1) is 0 Å². The first-order valence-electron chi connectivity index (χ1n) is 4.41. The van der Waals surface area contributed by atoms with Gasteiger partial charge in [0.25, 0.3) is 10.1 Å². The van der Waals surface area contributed by atoms with Gasteiger partial charge in [-0.05, 0) is 0 Å². The predicted octanol–water partition coefficient (Wildman–Crippen LogP) is -1.54. The van der Waals surface area contributed by atoms with E-state index in [9.17, 15) is 26.4 Å². The van der Waals surface area contributed by atoms with Crippen molar-refractivity contribution >= 4 is 31.9 Å². The van der Waals surface area contributed by atoms with Crippen LogP contribution in [0, 0.1) is 5.92 Å². The summed E-state index contributed by atoms with van der Waals surface area (Å²) in [4.78, 5) is 21.5. The Kier molecular flexibility index (Phi) is 4.85. The van der Waals surface area contributed by atoms with Crippen molar-refractivity contribution in [2.24, 2.45) is 5.92 Å². The third-order valence-electron chi connectivity index (χ3n) is 2.22. The summed E-state index contributed by atoms with van der Waals surface area (Å²) in [6.45, 7) is 0.812. The van der Waals surface area contributed by atoms with E-state index in [2.05, 4.69) is 0 Å². The maximum absolute atomic E-state index is 11.2. The van der Waals surface area contributed by atoms with E-state index in [0.717, 1.165) is 6.92 Å². The van der Waals surface area contributed by atoms with Gasteiger partial charge < -0.3 is 10.2 Å². The molecule has 11 heteroatoms. The highest BCUT2D eigenvalue weighted by Gasteiger charge is 2.46. The minimum Gasteiger partial charge on any atom is -0.480 e. The molecule has 18 heavy (non-hydrogen) atoms. The third kappa shape index (κ3) is 3.92. The van der Waals surface area contributed by atoms with Gasteiger partial charge in [0.2, 0.25) is 0 Å². The summed E-state index contributed by atoms with van der Waals surface area (Å²) in [5.41, 5.74) is 0. The van der Waals surface area contributed by atoms with Crippen LogP contribution in [-0.2, 0) is 29.5 Å². The Morgan fingerprint density at radius 3 is 1.44 bits per heavy atom. The summed E-state index contributed by atoms with van der Waals surface area (Å²) in [7, 11) is -9.37. The summed E-state index contributed by atoms with van der Waals surface area (Å²) in [6, 6.07) is 0. The summed E-state index contributed by atoms with van der Waals surface area (Å²) < 4.78 is 52.9. The molecule has 0 spiro atoms. The van der Waals surface area contributed by atoms with E-state index in [-0.39, 0.29) is 0 Å². The molecule has 0 fully saturated rings. The lowest BCUT2D eigenvalue weighted by atomic mass is 10.0. The number of rotatable bonds is 6. The molecule has 0 aliphatic rings. The predicted molar refractivity (Wildman–Crippen MR) is 58.4 cm³/mol. The van der Waals surface area contributed by atoms with Crippen molar-refractivity contribution in [1.82, 2.24) is 0 Å². The van der Waals surface area contributed by atoms with Crippen LogP contribution in [0.5, 0.6) is 0 Å². The smallest absolute Gasteiger partial charge is 0.324 e. The highest BCUT2D eigenvalue weighted by Crippen LogP contribution is 2.21. The van der Waals surface area contributed by atoms with Gasteiger partial charge in [-0.3, -0.25) is 14.1 Å². The van der Waals surface area contributed by atoms with Gasteiger partial charge in [0.05, 0.1) is 0 Å². The molecule has 9 nitrogen and oxygen atoms in total. The summed E-state index contributed by atoms with van der Waals surface area (Å²) in [6.07, 6.45) is 0.533. The minimum absolute atomic E-state index is 0.533. The van der Waals surface area contributed by atoms with Crippen LogP contribution in [0.3, 0.4) is 0 Å². The number of carboxylic acid groups (broad SMARTS) is 2. The molecule has 106 valence electrons. The van der Waals surface area contributed by atoms with E-state index in [1.54, 1.807) is 0 Å². The average Bonchev–Trinajstić information content (AvgIpc) is 1.93. The van der Waals surface area contributed by atoms with Crippen LogP contribution in [-0.4, -0.2) is 60.3 Å². The molecule has 3 unspecified atom stereocenters. The van der Waals surface area contributed by atoms with Crippen molar-refractivity contribution in [3.05, 3.63) is 0 Å². The van der Waals surface area contributed by atoms with Crippen LogP contribution in [0.2, 0.25) is 0 Å². The number of hydrogen-bond donors (Lipinski definition) is 3. The minimum atomic E-state index is -5.13. The third-order valence-corrected chi connectivity index (χ3v) is 5.05. The zero-order chi connectivity index (χ0) is 14.9. The molecule has 0 amide bonds.